The van der Waals surface area contributed by atoms with Gasteiger partial charge in [0.15, 0.2) is 11.6 Å². The van der Waals surface area contributed by atoms with E-state index in [1.54, 1.807) is 12.3 Å². The number of aromatic nitrogens is 2. The molecule has 5 rings (SSSR count). The average Bonchev–Trinajstić information content (AvgIpc) is 2.94. The van der Waals surface area contributed by atoms with Gasteiger partial charge >= 0.3 is 0 Å². The van der Waals surface area contributed by atoms with E-state index in [9.17, 15) is 18.4 Å². The van der Waals surface area contributed by atoms with E-state index in [-0.39, 0.29) is 18.7 Å². The average molecular weight is 520 g/mol. The van der Waals surface area contributed by atoms with Gasteiger partial charge in [-0.1, -0.05) is 12.1 Å². The number of hydrogen-bond donors (Lipinski definition) is 1. The highest BCUT2D eigenvalue weighted by Crippen LogP contribution is 2.26. The summed E-state index contributed by atoms with van der Waals surface area (Å²) in [6, 6.07) is 13.9. The maximum Gasteiger partial charge on any atom is 0.263 e. The summed E-state index contributed by atoms with van der Waals surface area (Å²) in [6.45, 7) is 2.25. The Labute approximate surface area is 218 Å². The number of amides is 1. The van der Waals surface area contributed by atoms with Crippen LogP contribution in [0.3, 0.4) is 0 Å². The number of rotatable bonds is 8. The van der Waals surface area contributed by atoms with Crippen LogP contribution in [0.1, 0.15) is 34.3 Å². The fourth-order valence-electron chi connectivity index (χ4n) is 4.50. The molecular weight excluding hydrogens is 492 g/mol. The molecule has 1 unspecified atom stereocenters. The highest BCUT2D eigenvalue weighted by atomic mass is 19.2. The minimum Gasteiger partial charge on any atom is -0.492 e. The van der Waals surface area contributed by atoms with Crippen molar-refractivity contribution in [3.8, 4) is 5.75 Å². The van der Waals surface area contributed by atoms with Crippen molar-refractivity contribution in [3.63, 3.8) is 0 Å². The second-order valence-corrected chi connectivity index (χ2v) is 9.34. The van der Waals surface area contributed by atoms with Crippen molar-refractivity contribution in [1.82, 2.24) is 14.9 Å². The van der Waals surface area contributed by atoms with Gasteiger partial charge < -0.3 is 19.4 Å². The fourth-order valence-corrected chi connectivity index (χ4v) is 4.50. The molecule has 2 aromatic carbocycles. The van der Waals surface area contributed by atoms with E-state index in [2.05, 4.69) is 10.3 Å². The molecule has 7 nitrogen and oxygen atoms in total. The minimum absolute atomic E-state index is 0.00455. The first-order valence-corrected chi connectivity index (χ1v) is 12.5. The highest BCUT2D eigenvalue weighted by molar-refractivity contribution is 5.93. The van der Waals surface area contributed by atoms with Gasteiger partial charge in [-0.15, -0.1) is 0 Å². The lowest BCUT2D eigenvalue weighted by Gasteiger charge is -2.22. The van der Waals surface area contributed by atoms with Gasteiger partial charge in [0.05, 0.1) is 25.3 Å². The number of halogens is 2. The van der Waals surface area contributed by atoms with E-state index < -0.39 is 23.1 Å². The van der Waals surface area contributed by atoms with Crippen LogP contribution in [0.2, 0.25) is 0 Å². The fraction of sp³-hybridized carbons (Fsp3) is 0.276. The molecule has 9 heteroatoms. The Balaban J connectivity index is 1.27. The molecule has 2 aromatic heterocycles. The van der Waals surface area contributed by atoms with Crippen molar-refractivity contribution in [2.75, 3.05) is 19.8 Å². The van der Waals surface area contributed by atoms with Gasteiger partial charge in [-0.05, 0) is 66.4 Å². The Morgan fingerprint density at radius 3 is 2.79 bits per heavy atom. The molecule has 1 saturated heterocycles. The van der Waals surface area contributed by atoms with Crippen molar-refractivity contribution in [1.29, 1.82) is 0 Å². The minimum atomic E-state index is -0.994. The summed E-state index contributed by atoms with van der Waals surface area (Å²) in [6.07, 6.45) is 5.31. The van der Waals surface area contributed by atoms with Gasteiger partial charge in [-0.2, -0.15) is 0 Å². The molecule has 1 atom stereocenters. The maximum atomic E-state index is 13.6. The zero-order valence-electron chi connectivity index (χ0n) is 20.7. The number of nitrogens with zero attached hydrogens (tertiary/aromatic N) is 2. The quantitative estimate of drug-likeness (QED) is 0.372. The lowest BCUT2D eigenvalue weighted by Crippen LogP contribution is -2.32. The topological polar surface area (TPSA) is 82.4 Å². The molecule has 1 N–H and O–H groups in total. The number of ether oxygens (including phenoxy) is 2. The predicted molar refractivity (Wildman–Crippen MR) is 138 cm³/mol. The molecule has 3 heterocycles. The van der Waals surface area contributed by atoms with Crippen LogP contribution in [-0.2, 0) is 17.8 Å². The smallest absolute Gasteiger partial charge is 0.263 e. The van der Waals surface area contributed by atoms with E-state index in [0.29, 0.717) is 24.7 Å². The third kappa shape index (κ3) is 5.89. The summed E-state index contributed by atoms with van der Waals surface area (Å²) in [4.78, 5) is 30.2. The zero-order valence-corrected chi connectivity index (χ0v) is 20.7. The maximum absolute atomic E-state index is 13.6. The van der Waals surface area contributed by atoms with Crippen molar-refractivity contribution in [2.24, 2.45) is 5.92 Å². The molecule has 0 spiro atoms. The first-order valence-electron chi connectivity index (χ1n) is 12.5. The Morgan fingerprint density at radius 2 is 1.97 bits per heavy atom. The van der Waals surface area contributed by atoms with Crippen LogP contribution in [0, 0.1) is 17.6 Å². The van der Waals surface area contributed by atoms with Crippen LogP contribution in [-0.4, -0.2) is 35.3 Å². The molecule has 1 aliphatic rings. The van der Waals surface area contributed by atoms with E-state index in [1.807, 2.05) is 24.3 Å². The molecule has 1 aliphatic heterocycles. The first-order chi connectivity index (χ1) is 18.5. The van der Waals surface area contributed by atoms with Gasteiger partial charge in [-0.3, -0.25) is 14.6 Å². The van der Waals surface area contributed by atoms with Crippen molar-refractivity contribution >= 4 is 16.8 Å². The van der Waals surface area contributed by atoms with E-state index in [1.165, 1.54) is 22.9 Å². The van der Waals surface area contributed by atoms with Gasteiger partial charge in [0.2, 0.25) is 0 Å². The molecule has 1 fully saturated rings. The standard InChI is InChI=1S/C29H27F2N3O4/c30-24-7-5-20(14-25(24)31)16-34-11-1-4-22(29(34)36)28(35)33-15-19-6-8-26-23(13-19)27(9-10-32-26)38-18-21-3-2-12-37-17-21/h1,4-11,13-14,21H,2-3,12,15-18H2,(H,33,35). The van der Waals surface area contributed by atoms with Crippen LogP contribution < -0.4 is 15.6 Å². The molecule has 0 radical (unpaired) electrons. The van der Waals surface area contributed by atoms with Crippen molar-refractivity contribution in [3.05, 3.63) is 106 Å². The first kappa shape index (κ1) is 25.5. The van der Waals surface area contributed by atoms with Gasteiger partial charge in [0, 0.05) is 36.8 Å². The predicted octanol–water partition coefficient (Wildman–Crippen LogP) is 4.46. The van der Waals surface area contributed by atoms with Crippen LogP contribution in [0.25, 0.3) is 10.9 Å². The van der Waals surface area contributed by atoms with E-state index in [4.69, 9.17) is 9.47 Å². The Kier molecular flexibility index (Phi) is 7.74. The van der Waals surface area contributed by atoms with Gasteiger partial charge in [-0.25, -0.2) is 8.78 Å². The van der Waals surface area contributed by atoms with Gasteiger partial charge in [0.1, 0.15) is 11.3 Å². The molecule has 0 saturated carbocycles. The normalized spacial score (nSPS) is 15.4. The number of carbonyl (C=O) groups excluding carboxylic acids is 1. The second-order valence-electron chi connectivity index (χ2n) is 9.34. The Hall–Kier alpha value is -4.11. The molecule has 38 heavy (non-hydrogen) atoms. The molecule has 1 amide bonds. The van der Waals surface area contributed by atoms with E-state index >= 15 is 0 Å². The highest BCUT2D eigenvalue weighted by Gasteiger charge is 2.16. The summed E-state index contributed by atoms with van der Waals surface area (Å²) in [5.74, 6) is -1.42. The number of hydrogen-bond acceptors (Lipinski definition) is 5. The molecule has 4 aromatic rings. The van der Waals surface area contributed by atoms with Crippen LogP contribution >= 0.6 is 0 Å². The molecule has 196 valence electrons. The van der Waals surface area contributed by atoms with E-state index in [0.717, 1.165) is 53.8 Å². The molecular formula is C29H27F2N3O4. The van der Waals surface area contributed by atoms with Crippen molar-refractivity contribution < 1.29 is 23.0 Å². The molecule has 0 aliphatic carbocycles. The summed E-state index contributed by atoms with van der Waals surface area (Å²) >= 11 is 0. The lowest BCUT2D eigenvalue weighted by atomic mass is 10.0. The third-order valence-electron chi connectivity index (χ3n) is 6.55. The SMILES string of the molecule is O=C(NCc1ccc2nccc(OCC3CCCOC3)c2c1)c1cccn(Cc2ccc(F)c(F)c2)c1=O. The number of carbonyl (C=O) groups is 1. The van der Waals surface area contributed by atoms with Crippen LogP contribution in [0.4, 0.5) is 8.78 Å². The van der Waals surface area contributed by atoms with Crippen molar-refractivity contribution in [2.45, 2.75) is 25.9 Å². The zero-order chi connectivity index (χ0) is 26.5. The number of pyridine rings is 2. The number of nitrogens with one attached hydrogen (secondary N) is 1. The second kappa shape index (κ2) is 11.5. The lowest BCUT2D eigenvalue weighted by molar-refractivity contribution is 0.0354. The summed E-state index contributed by atoms with van der Waals surface area (Å²) in [7, 11) is 0. The summed E-state index contributed by atoms with van der Waals surface area (Å²) in [5.41, 5.74) is 1.43. The monoisotopic (exact) mass is 519 g/mol. The summed E-state index contributed by atoms with van der Waals surface area (Å²) in [5, 5.41) is 3.63. The van der Waals surface area contributed by atoms with Crippen LogP contribution in [0.15, 0.2) is 71.8 Å². The Morgan fingerprint density at radius 1 is 1.11 bits per heavy atom. The van der Waals surface area contributed by atoms with Crippen LogP contribution in [0.5, 0.6) is 5.75 Å². The largest absolute Gasteiger partial charge is 0.492 e. The number of fused-ring (bicyclic) bond motifs is 1. The summed E-state index contributed by atoms with van der Waals surface area (Å²) < 4.78 is 39.7. The third-order valence-corrected chi connectivity index (χ3v) is 6.55. The van der Waals surface area contributed by atoms with Gasteiger partial charge in [0.25, 0.3) is 11.5 Å². The number of benzene rings is 2. The molecule has 0 bridgehead atoms. The Bertz CT molecular complexity index is 1520.